The van der Waals surface area contributed by atoms with Crippen molar-refractivity contribution in [3.8, 4) is 0 Å². The first-order valence-electron chi connectivity index (χ1n) is 5.85. The molecule has 3 N–H and O–H groups in total. The second-order valence-electron chi connectivity index (χ2n) is 4.26. The Kier molecular flexibility index (Phi) is 4.60. The number of halogens is 1. The predicted octanol–water partition coefficient (Wildman–Crippen LogP) is 2.59. The number of benzene rings is 1. The Hall–Kier alpha value is -1.51. The van der Waals surface area contributed by atoms with Gasteiger partial charge in [-0.05, 0) is 47.1 Å². The van der Waals surface area contributed by atoms with Gasteiger partial charge < -0.3 is 5.73 Å². The molecule has 2 rings (SSSR count). The van der Waals surface area contributed by atoms with Crippen molar-refractivity contribution in [1.82, 2.24) is 4.98 Å². The molecule has 0 radical (unpaired) electrons. The predicted molar refractivity (Wildman–Crippen MR) is 89.8 cm³/mol. The van der Waals surface area contributed by atoms with Gasteiger partial charge in [0.05, 0.1) is 10.6 Å². The van der Waals surface area contributed by atoms with Gasteiger partial charge in [0.2, 0.25) is 0 Å². The van der Waals surface area contributed by atoms with Crippen molar-refractivity contribution in [1.29, 1.82) is 0 Å². The van der Waals surface area contributed by atoms with Crippen LogP contribution >= 0.6 is 28.1 Å². The maximum Gasteiger partial charge on any atom is 0.263 e. The summed E-state index contributed by atoms with van der Waals surface area (Å²) in [7, 11) is -3.74. The average Bonchev–Trinajstić information content (AvgIpc) is 2.43. The SMILES string of the molecule is Cc1nc(NS(=O)(=O)c2cccc(C(N)=S)c2)ccc1Br. The maximum atomic E-state index is 12.3. The van der Waals surface area contributed by atoms with Crippen LogP contribution in [0.5, 0.6) is 0 Å². The monoisotopic (exact) mass is 385 g/mol. The molecule has 0 saturated heterocycles. The summed E-state index contributed by atoms with van der Waals surface area (Å²) in [4.78, 5) is 4.38. The number of pyridine rings is 1. The first kappa shape index (κ1) is 15.9. The van der Waals surface area contributed by atoms with E-state index in [1.165, 1.54) is 12.1 Å². The molecular formula is C13H12BrN3O2S2. The highest BCUT2D eigenvalue weighted by atomic mass is 79.9. The summed E-state index contributed by atoms with van der Waals surface area (Å²) in [5, 5.41) is 0. The van der Waals surface area contributed by atoms with Crippen LogP contribution < -0.4 is 10.5 Å². The number of hydrogen-bond acceptors (Lipinski definition) is 4. The number of nitrogens with two attached hydrogens (primary N) is 1. The third-order valence-corrected chi connectivity index (χ3v) is 5.12. The van der Waals surface area contributed by atoms with Gasteiger partial charge in [-0.3, -0.25) is 4.72 Å². The summed E-state index contributed by atoms with van der Waals surface area (Å²) in [5.74, 6) is 0.247. The summed E-state index contributed by atoms with van der Waals surface area (Å²) >= 11 is 8.16. The first-order chi connectivity index (χ1) is 9.79. The summed E-state index contributed by atoms with van der Waals surface area (Å²) in [6.45, 7) is 1.77. The first-order valence-corrected chi connectivity index (χ1v) is 8.54. The molecule has 5 nitrogen and oxygen atoms in total. The molecule has 1 aromatic carbocycles. The number of rotatable bonds is 4. The van der Waals surface area contributed by atoms with Crippen molar-refractivity contribution in [2.45, 2.75) is 11.8 Å². The van der Waals surface area contributed by atoms with Crippen LogP contribution in [-0.4, -0.2) is 18.4 Å². The molecule has 0 bridgehead atoms. The molecule has 0 atom stereocenters. The summed E-state index contributed by atoms with van der Waals surface area (Å²) < 4.78 is 27.9. The van der Waals surface area contributed by atoms with E-state index in [4.69, 9.17) is 18.0 Å². The molecule has 0 unspecified atom stereocenters. The molecule has 0 aliphatic heterocycles. The lowest BCUT2D eigenvalue weighted by atomic mass is 10.2. The molecule has 0 amide bonds. The van der Waals surface area contributed by atoms with E-state index in [1.54, 1.807) is 31.2 Å². The average molecular weight is 386 g/mol. The van der Waals surface area contributed by atoms with Crippen LogP contribution in [0, 0.1) is 6.92 Å². The molecule has 1 aromatic heterocycles. The molecule has 21 heavy (non-hydrogen) atoms. The quantitative estimate of drug-likeness (QED) is 0.789. The van der Waals surface area contributed by atoms with Crippen molar-refractivity contribution in [2.75, 3.05) is 4.72 Å². The van der Waals surface area contributed by atoms with Crippen molar-refractivity contribution < 1.29 is 8.42 Å². The van der Waals surface area contributed by atoms with Gasteiger partial charge in [0, 0.05) is 10.0 Å². The van der Waals surface area contributed by atoms with E-state index < -0.39 is 10.0 Å². The van der Waals surface area contributed by atoms with Gasteiger partial charge in [0.15, 0.2) is 0 Å². The zero-order valence-electron chi connectivity index (χ0n) is 11.0. The fourth-order valence-electron chi connectivity index (χ4n) is 1.61. The third-order valence-electron chi connectivity index (χ3n) is 2.69. The Labute approximate surface area is 136 Å². The van der Waals surface area contributed by atoms with E-state index in [0.29, 0.717) is 11.3 Å². The van der Waals surface area contributed by atoms with Crippen LogP contribution in [0.3, 0.4) is 0 Å². The lowest BCUT2D eigenvalue weighted by Crippen LogP contribution is -2.16. The van der Waals surface area contributed by atoms with Gasteiger partial charge in [-0.25, -0.2) is 13.4 Å². The van der Waals surface area contributed by atoms with Crippen LogP contribution in [0.2, 0.25) is 0 Å². The summed E-state index contributed by atoms with van der Waals surface area (Å²) in [5.41, 5.74) is 6.69. The molecule has 2 aromatic rings. The van der Waals surface area contributed by atoms with Crippen molar-refractivity contribution in [3.05, 3.63) is 52.1 Å². The minimum atomic E-state index is -3.74. The van der Waals surface area contributed by atoms with E-state index in [0.717, 1.165) is 4.47 Å². The molecule has 0 spiro atoms. The molecule has 0 fully saturated rings. The zero-order chi connectivity index (χ0) is 15.6. The second kappa shape index (κ2) is 6.08. The standard InChI is InChI=1S/C13H12BrN3O2S2/c1-8-11(14)5-6-12(16-8)17-21(18,19)10-4-2-3-9(7-10)13(15)20/h2-7H,1H3,(H2,15,20)(H,16,17). The lowest BCUT2D eigenvalue weighted by Gasteiger charge is -2.09. The number of sulfonamides is 1. The minimum absolute atomic E-state index is 0.0789. The van der Waals surface area contributed by atoms with Crippen LogP contribution in [-0.2, 0) is 10.0 Å². The Balaban J connectivity index is 2.36. The molecule has 0 saturated carbocycles. The summed E-state index contributed by atoms with van der Waals surface area (Å²) in [6, 6.07) is 9.44. The molecule has 0 aliphatic carbocycles. The number of aryl methyl sites for hydroxylation is 1. The van der Waals surface area contributed by atoms with Gasteiger partial charge in [0.25, 0.3) is 10.0 Å². The Morgan fingerprint density at radius 1 is 1.33 bits per heavy atom. The van der Waals surface area contributed by atoms with Crippen LogP contribution in [0.25, 0.3) is 0 Å². The van der Waals surface area contributed by atoms with E-state index in [9.17, 15) is 8.42 Å². The van der Waals surface area contributed by atoms with E-state index in [1.807, 2.05) is 0 Å². The largest absolute Gasteiger partial charge is 0.389 e. The fraction of sp³-hybridized carbons (Fsp3) is 0.0769. The smallest absolute Gasteiger partial charge is 0.263 e. The minimum Gasteiger partial charge on any atom is -0.389 e. The normalized spacial score (nSPS) is 11.1. The van der Waals surface area contributed by atoms with Gasteiger partial charge in [-0.15, -0.1) is 0 Å². The fourth-order valence-corrected chi connectivity index (χ4v) is 3.01. The zero-order valence-corrected chi connectivity index (χ0v) is 14.2. The number of nitrogens with one attached hydrogen (secondary N) is 1. The Morgan fingerprint density at radius 2 is 2.05 bits per heavy atom. The van der Waals surface area contributed by atoms with Gasteiger partial charge in [-0.2, -0.15) is 0 Å². The van der Waals surface area contributed by atoms with Crippen molar-refractivity contribution in [2.24, 2.45) is 5.73 Å². The highest BCUT2D eigenvalue weighted by Gasteiger charge is 2.16. The summed E-state index contributed by atoms with van der Waals surface area (Å²) in [6.07, 6.45) is 0. The molecule has 110 valence electrons. The molecule has 8 heteroatoms. The number of aromatic nitrogens is 1. The second-order valence-corrected chi connectivity index (χ2v) is 7.24. The molecular weight excluding hydrogens is 374 g/mol. The number of hydrogen-bond donors (Lipinski definition) is 2. The number of thiocarbonyl (C=S) groups is 1. The topological polar surface area (TPSA) is 85.1 Å². The third kappa shape index (κ3) is 3.78. The van der Waals surface area contributed by atoms with Crippen molar-refractivity contribution >= 4 is 49.0 Å². The van der Waals surface area contributed by atoms with E-state index >= 15 is 0 Å². The van der Waals surface area contributed by atoms with Crippen LogP contribution in [0.15, 0.2) is 45.8 Å². The number of anilines is 1. The van der Waals surface area contributed by atoms with Crippen molar-refractivity contribution in [3.63, 3.8) is 0 Å². The van der Waals surface area contributed by atoms with Crippen LogP contribution in [0.1, 0.15) is 11.3 Å². The Morgan fingerprint density at radius 3 is 2.67 bits per heavy atom. The Bertz CT molecular complexity index is 807. The van der Waals surface area contributed by atoms with Crippen LogP contribution in [0.4, 0.5) is 5.82 Å². The lowest BCUT2D eigenvalue weighted by molar-refractivity contribution is 0.601. The number of nitrogens with zero attached hydrogens (tertiary/aromatic N) is 1. The van der Waals surface area contributed by atoms with Gasteiger partial charge >= 0.3 is 0 Å². The maximum absolute atomic E-state index is 12.3. The van der Waals surface area contributed by atoms with Gasteiger partial charge in [0.1, 0.15) is 10.8 Å². The molecule has 1 heterocycles. The van der Waals surface area contributed by atoms with E-state index in [2.05, 4.69) is 25.6 Å². The van der Waals surface area contributed by atoms with E-state index in [-0.39, 0.29) is 15.7 Å². The highest BCUT2D eigenvalue weighted by Crippen LogP contribution is 2.19. The van der Waals surface area contributed by atoms with Gasteiger partial charge in [-0.1, -0.05) is 24.4 Å². The highest BCUT2D eigenvalue weighted by molar-refractivity contribution is 9.10. The molecule has 0 aliphatic rings.